The van der Waals surface area contributed by atoms with Gasteiger partial charge in [-0.05, 0) is 49.9 Å². The minimum absolute atomic E-state index is 0.386. The second-order valence-corrected chi connectivity index (χ2v) is 6.39. The first-order valence-electron chi connectivity index (χ1n) is 8.44. The number of carboxylic acid groups (broad SMARTS) is 1. The molecule has 0 aromatic heterocycles. The average Bonchev–Trinajstić information content (AvgIpc) is 3.14. The molecule has 1 fully saturated rings. The summed E-state index contributed by atoms with van der Waals surface area (Å²) in [5.74, 6) is 7.20. The zero-order chi connectivity index (χ0) is 16.7. The Hall–Kier alpha value is -1.74. The van der Waals surface area contributed by atoms with Crippen molar-refractivity contribution in [3.8, 4) is 11.8 Å². The summed E-state index contributed by atoms with van der Waals surface area (Å²) in [7, 11) is 0. The number of hydrogen-bond donors (Lipinski definition) is 3. The SMILES string of the molecule is NC(CCCCNC(=O)OCC1[C@H]2CCC#CCC[C@@H]12)C(=O)O. The van der Waals surface area contributed by atoms with E-state index in [9.17, 15) is 9.59 Å². The number of hydrogen-bond acceptors (Lipinski definition) is 4. The number of carbonyl (C=O) groups excluding carboxylic acids is 1. The Morgan fingerprint density at radius 1 is 1.22 bits per heavy atom. The first-order valence-corrected chi connectivity index (χ1v) is 8.44. The van der Waals surface area contributed by atoms with Crippen molar-refractivity contribution in [1.29, 1.82) is 0 Å². The summed E-state index contributed by atoms with van der Waals surface area (Å²) < 4.78 is 5.30. The summed E-state index contributed by atoms with van der Waals surface area (Å²) in [6.45, 7) is 0.974. The zero-order valence-corrected chi connectivity index (χ0v) is 13.4. The van der Waals surface area contributed by atoms with Crippen molar-refractivity contribution >= 4 is 12.1 Å². The van der Waals surface area contributed by atoms with Gasteiger partial charge in [-0.25, -0.2) is 4.79 Å². The van der Waals surface area contributed by atoms with Gasteiger partial charge in [0.15, 0.2) is 0 Å². The molecule has 6 nitrogen and oxygen atoms in total. The van der Waals surface area contributed by atoms with E-state index in [0.29, 0.717) is 50.2 Å². The Morgan fingerprint density at radius 3 is 2.48 bits per heavy atom. The topological polar surface area (TPSA) is 102 Å². The molecule has 0 saturated heterocycles. The maximum absolute atomic E-state index is 11.6. The predicted octanol–water partition coefficient (Wildman–Crippen LogP) is 1.73. The molecule has 4 N–H and O–H groups in total. The van der Waals surface area contributed by atoms with E-state index in [0.717, 1.165) is 25.7 Å². The van der Waals surface area contributed by atoms with Crippen LogP contribution in [0.25, 0.3) is 0 Å². The van der Waals surface area contributed by atoms with Crippen molar-refractivity contribution in [2.75, 3.05) is 13.2 Å². The van der Waals surface area contributed by atoms with Crippen molar-refractivity contribution in [2.24, 2.45) is 23.5 Å². The highest BCUT2D eigenvalue weighted by Gasteiger charge is 2.49. The molecular weight excluding hydrogens is 296 g/mol. The average molecular weight is 322 g/mol. The molecule has 0 aromatic carbocycles. The van der Waals surface area contributed by atoms with E-state index in [-0.39, 0.29) is 6.09 Å². The molecule has 0 aliphatic heterocycles. The first kappa shape index (κ1) is 17.6. The molecule has 128 valence electrons. The van der Waals surface area contributed by atoms with E-state index in [4.69, 9.17) is 15.6 Å². The Morgan fingerprint density at radius 2 is 1.87 bits per heavy atom. The van der Waals surface area contributed by atoms with Gasteiger partial charge in [0, 0.05) is 19.4 Å². The number of carbonyl (C=O) groups is 2. The highest BCUT2D eigenvalue weighted by Crippen LogP contribution is 2.52. The fourth-order valence-corrected chi connectivity index (χ4v) is 3.31. The molecule has 0 heterocycles. The van der Waals surface area contributed by atoms with Crippen molar-refractivity contribution in [2.45, 2.75) is 51.0 Å². The number of alkyl carbamates (subject to hydrolysis) is 1. The van der Waals surface area contributed by atoms with E-state index in [2.05, 4.69) is 17.2 Å². The fraction of sp³-hybridized carbons (Fsp3) is 0.765. The second-order valence-electron chi connectivity index (χ2n) is 6.39. The molecule has 0 aromatic rings. The molecule has 23 heavy (non-hydrogen) atoms. The van der Waals surface area contributed by atoms with Crippen LogP contribution in [0.15, 0.2) is 0 Å². The third-order valence-electron chi connectivity index (χ3n) is 4.77. The van der Waals surface area contributed by atoms with Crippen molar-refractivity contribution in [1.82, 2.24) is 5.32 Å². The summed E-state index contributed by atoms with van der Waals surface area (Å²) in [6, 6.07) is -0.822. The molecule has 4 atom stereocenters. The molecule has 2 aliphatic rings. The second kappa shape index (κ2) is 8.78. The Balaban J connectivity index is 1.50. The molecular formula is C17H26N2O4. The lowest BCUT2D eigenvalue weighted by molar-refractivity contribution is -0.138. The summed E-state index contributed by atoms with van der Waals surface area (Å²) in [5, 5.41) is 11.4. The lowest BCUT2D eigenvalue weighted by Gasteiger charge is -2.08. The molecule has 0 radical (unpaired) electrons. The number of carboxylic acids is 1. The normalized spacial score (nSPS) is 26.6. The van der Waals surface area contributed by atoms with Crippen LogP contribution in [-0.4, -0.2) is 36.4 Å². The maximum Gasteiger partial charge on any atom is 0.407 e. The minimum atomic E-state index is -0.986. The van der Waals surface area contributed by atoms with Crippen LogP contribution < -0.4 is 11.1 Å². The number of aliphatic carboxylic acids is 1. The summed E-state index contributed by atoms with van der Waals surface area (Å²) in [4.78, 5) is 22.2. The lowest BCUT2D eigenvalue weighted by atomic mass is 10.1. The van der Waals surface area contributed by atoms with Gasteiger partial charge in [-0.2, -0.15) is 0 Å². The summed E-state index contributed by atoms with van der Waals surface area (Å²) >= 11 is 0. The fourth-order valence-electron chi connectivity index (χ4n) is 3.31. The van der Waals surface area contributed by atoms with Crippen LogP contribution in [0.4, 0.5) is 4.79 Å². The van der Waals surface area contributed by atoms with Gasteiger partial charge in [0.2, 0.25) is 0 Å². The number of unbranched alkanes of at least 4 members (excludes halogenated alkanes) is 1. The number of ether oxygens (including phenoxy) is 1. The smallest absolute Gasteiger partial charge is 0.407 e. The quantitative estimate of drug-likeness (QED) is 0.467. The van der Waals surface area contributed by atoms with Crippen LogP contribution in [0.2, 0.25) is 0 Å². The molecule has 2 unspecified atom stereocenters. The highest BCUT2D eigenvalue weighted by molar-refractivity contribution is 5.72. The van der Waals surface area contributed by atoms with Crippen LogP contribution in [0.5, 0.6) is 0 Å². The predicted molar refractivity (Wildman–Crippen MR) is 85.5 cm³/mol. The van der Waals surface area contributed by atoms with E-state index < -0.39 is 12.0 Å². The van der Waals surface area contributed by atoms with E-state index in [1.165, 1.54) is 0 Å². The molecule has 1 amide bonds. The Kier molecular flexibility index (Phi) is 6.72. The number of nitrogens with two attached hydrogens (primary N) is 1. The van der Waals surface area contributed by atoms with Gasteiger partial charge < -0.3 is 20.9 Å². The van der Waals surface area contributed by atoms with Gasteiger partial charge >= 0.3 is 12.1 Å². The van der Waals surface area contributed by atoms with Crippen LogP contribution in [0.1, 0.15) is 44.9 Å². The molecule has 0 bridgehead atoms. The van der Waals surface area contributed by atoms with Gasteiger partial charge in [-0.3, -0.25) is 4.79 Å². The van der Waals surface area contributed by atoms with E-state index in [1.807, 2.05) is 0 Å². The van der Waals surface area contributed by atoms with Crippen LogP contribution in [0.3, 0.4) is 0 Å². The monoisotopic (exact) mass is 322 g/mol. The number of fused-ring (bicyclic) bond motifs is 1. The summed E-state index contributed by atoms with van der Waals surface area (Å²) in [6.07, 6.45) is 5.56. The maximum atomic E-state index is 11.6. The molecule has 0 spiro atoms. The number of rotatable bonds is 8. The van der Waals surface area contributed by atoms with Crippen LogP contribution in [-0.2, 0) is 9.53 Å². The number of amides is 1. The van der Waals surface area contributed by atoms with Crippen LogP contribution >= 0.6 is 0 Å². The van der Waals surface area contributed by atoms with Gasteiger partial charge in [0.25, 0.3) is 0 Å². The van der Waals surface area contributed by atoms with E-state index in [1.54, 1.807) is 0 Å². The third-order valence-corrected chi connectivity index (χ3v) is 4.77. The first-order chi connectivity index (χ1) is 11.1. The lowest BCUT2D eigenvalue weighted by Crippen LogP contribution is -2.30. The number of nitrogens with one attached hydrogen (secondary N) is 1. The minimum Gasteiger partial charge on any atom is -0.480 e. The van der Waals surface area contributed by atoms with E-state index >= 15 is 0 Å². The largest absolute Gasteiger partial charge is 0.480 e. The highest BCUT2D eigenvalue weighted by atomic mass is 16.5. The molecule has 1 saturated carbocycles. The molecule has 2 rings (SSSR count). The standard InChI is InChI=1S/C17H26N2O4/c18-15(16(20)21)9-5-6-10-19-17(22)23-11-14-12-7-3-1-2-4-8-13(12)14/h12-15H,3-11,18H2,(H,19,22)(H,20,21)/t12-,13+,14?,15?. The van der Waals surface area contributed by atoms with Crippen molar-refractivity contribution in [3.63, 3.8) is 0 Å². The zero-order valence-electron chi connectivity index (χ0n) is 13.4. The van der Waals surface area contributed by atoms with Crippen molar-refractivity contribution < 1.29 is 19.4 Å². The van der Waals surface area contributed by atoms with Gasteiger partial charge in [0.1, 0.15) is 6.04 Å². The van der Waals surface area contributed by atoms with Gasteiger partial charge in [-0.15, -0.1) is 11.8 Å². The van der Waals surface area contributed by atoms with Gasteiger partial charge in [0.05, 0.1) is 6.61 Å². The van der Waals surface area contributed by atoms with Crippen molar-refractivity contribution in [3.05, 3.63) is 0 Å². The summed E-state index contributed by atoms with van der Waals surface area (Å²) in [5.41, 5.74) is 5.41. The Labute approximate surface area is 137 Å². The third kappa shape index (κ3) is 5.76. The van der Waals surface area contributed by atoms with Gasteiger partial charge in [-0.1, -0.05) is 0 Å². The molecule has 6 heteroatoms. The molecule has 2 aliphatic carbocycles. The Bertz CT molecular complexity index is 465. The van der Waals surface area contributed by atoms with Crippen LogP contribution in [0, 0.1) is 29.6 Å².